The molecule has 0 aromatic carbocycles. The first-order chi connectivity index (χ1) is 15.8. The van der Waals surface area contributed by atoms with Crippen LogP contribution in [0.15, 0.2) is 12.4 Å². The highest BCUT2D eigenvalue weighted by Crippen LogP contribution is 2.14. The lowest BCUT2D eigenvalue weighted by Crippen LogP contribution is -2.37. The number of imidazole rings is 1. The third kappa shape index (κ3) is 15.1. The van der Waals surface area contributed by atoms with Crippen LogP contribution in [0.5, 0.6) is 0 Å². The molecule has 0 unspecified atom stereocenters. The van der Waals surface area contributed by atoms with Gasteiger partial charge in [0.15, 0.2) is 0 Å². The molecule has 0 fully saturated rings. The average molecular weight is 448 g/mol. The van der Waals surface area contributed by atoms with Crippen molar-refractivity contribution in [2.24, 2.45) is 0 Å². The molecule has 1 aromatic heterocycles. The number of aryl methyl sites for hydroxylation is 2. The van der Waals surface area contributed by atoms with Crippen LogP contribution >= 0.6 is 0 Å². The van der Waals surface area contributed by atoms with E-state index in [0.717, 1.165) is 0 Å². The van der Waals surface area contributed by atoms with Crippen molar-refractivity contribution in [1.82, 2.24) is 4.57 Å². The van der Waals surface area contributed by atoms with E-state index < -0.39 is 0 Å². The molecular formula is C30H59N2+. The minimum atomic E-state index is 1.20. The number of hydrogen-bond donors (Lipinski definition) is 0. The summed E-state index contributed by atoms with van der Waals surface area (Å²) < 4.78 is 5.15. The standard InChI is InChI=1S/C30H59N2/c1-4-7-10-12-14-16-17-19-21-23-25-30-31(26-9-6-3)28-29-32(30)27-24-22-20-18-15-13-11-8-5-2/h28-29H,4-27H2,1-3H3/q+1. The van der Waals surface area contributed by atoms with Crippen LogP contribution in [0.4, 0.5) is 0 Å². The van der Waals surface area contributed by atoms with Crippen LogP contribution in [0.1, 0.15) is 161 Å². The molecular weight excluding hydrogens is 388 g/mol. The SMILES string of the molecule is CCCCCCCCCCCCc1n(CCCCCCCCCCC)cc[n+]1CCCC. The lowest BCUT2D eigenvalue weighted by Gasteiger charge is -2.06. The van der Waals surface area contributed by atoms with E-state index in [1.54, 1.807) is 5.82 Å². The molecule has 1 aromatic rings. The number of aromatic nitrogens is 2. The Labute approximate surface area is 202 Å². The Morgan fingerprint density at radius 3 is 1.47 bits per heavy atom. The first-order valence-corrected chi connectivity index (χ1v) is 14.9. The lowest BCUT2D eigenvalue weighted by atomic mass is 10.1. The Kier molecular flexibility index (Phi) is 20.1. The van der Waals surface area contributed by atoms with Crippen molar-refractivity contribution in [3.05, 3.63) is 18.2 Å². The zero-order valence-corrected chi connectivity index (χ0v) is 22.5. The van der Waals surface area contributed by atoms with Crippen LogP contribution < -0.4 is 4.57 Å². The summed E-state index contributed by atoms with van der Waals surface area (Å²) in [5.74, 6) is 1.59. The molecule has 0 aliphatic heterocycles. The summed E-state index contributed by atoms with van der Waals surface area (Å²) in [4.78, 5) is 0. The molecule has 0 spiro atoms. The maximum Gasteiger partial charge on any atom is 0.256 e. The molecule has 0 radical (unpaired) electrons. The summed E-state index contributed by atoms with van der Waals surface area (Å²) in [5, 5.41) is 0. The maximum absolute atomic E-state index is 2.59. The number of hydrogen-bond acceptors (Lipinski definition) is 0. The topological polar surface area (TPSA) is 8.81 Å². The van der Waals surface area contributed by atoms with Crippen LogP contribution in [-0.4, -0.2) is 4.57 Å². The second-order valence-electron chi connectivity index (χ2n) is 10.2. The zero-order valence-electron chi connectivity index (χ0n) is 22.5. The zero-order chi connectivity index (χ0) is 23.1. The third-order valence-electron chi connectivity index (χ3n) is 7.10. The molecule has 1 heterocycles. The van der Waals surface area contributed by atoms with Gasteiger partial charge in [-0.25, -0.2) is 9.13 Å². The second kappa shape index (κ2) is 22.0. The summed E-state index contributed by atoms with van der Waals surface area (Å²) in [6.07, 6.45) is 35.6. The predicted molar refractivity (Wildman–Crippen MR) is 142 cm³/mol. The van der Waals surface area contributed by atoms with Gasteiger partial charge in [-0.3, -0.25) is 0 Å². The van der Waals surface area contributed by atoms with Crippen molar-refractivity contribution in [2.75, 3.05) is 0 Å². The van der Waals surface area contributed by atoms with Gasteiger partial charge in [0, 0.05) is 6.42 Å². The van der Waals surface area contributed by atoms with E-state index in [9.17, 15) is 0 Å². The van der Waals surface area contributed by atoms with Gasteiger partial charge in [-0.05, 0) is 25.7 Å². The van der Waals surface area contributed by atoms with Gasteiger partial charge < -0.3 is 0 Å². The smallest absolute Gasteiger partial charge is 0.234 e. The van der Waals surface area contributed by atoms with E-state index >= 15 is 0 Å². The van der Waals surface area contributed by atoms with E-state index in [-0.39, 0.29) is 0 Å². The molecule has 0 saturated carbocycles. The molecule has 0 aliphatic carbocycles. The highest BCUT2D eigenvalue weighted by atomic mass is 15.1. The van der Waals surface area contributed by atoms with Gasteiger partial charge in [0.25, 0.3) is 5.82 Å². The normalized spacial score (nSPS) is 11.5. The fraction of sp³-hybridized carbons (Fsp3) is 0.900. The predicted octanol–water partition coefficient (Wildman–Crippen LogP) is 9.57. The fourth-order valence-electron chi connectivity index (χ4n) is 4.88. The first kappa shape index (κ1) is 29.2. The monoisotopic (exact) mass is 447 g/mol. The van der Waals surface area contributed by atoms with Gasteiger partial charge in [-0.2, -0.15) is 0 Å². The lowest BCUT2D eigenvalue weighted by molar-refractivity contribution is -0.704. The molecule has 0 atom stereocenters. The molecule has 188 valence electrons. The Morgan fingerprint density at radius 2 is 0.969 bits per heavy atom. The molecule has 32 heavy (non-hydrogen) atoms. The summed E-state index contributed by atoms with van der Waals surface area (Å²) >= 11 is 0. The summed E-state index contributed by atoms with van der Waals surface area (Å²) in [7, 11) is 0. The van der Waals surface area contributed by atoms with E-state index in [1.807, 2.05) is 0 Å². The molecule has 0 amide bonds. The van der Waals surface area contributed by atoms with Crippen molar-refractivity contribution in [2.45, 2.75) is 175 Å². The molecule has 0 N–H and O–H groups in total. The van der Waals surface area contributed by atoms with E-state index in [4.69, 9.17) is 0 Å². The van der Waals surface area contributed by atoms with Crippen molar-refractivity contribution in [3.63, 3.8) is 0 Å². The van der Waals surface area contributed by atoms with Gasteiger partial charge >= 0.3 is 0 Å². The van der Waals surface area contributed by atoms with Crippen LogP contribution in [0.25, 0.3) is 0 Å². The molecule has 0 saturated heterocycles. The van der Waals surface area contributed by atoms with E-state index in [1.165, 1.54) is 154 Å². The second-order valence-corrected chi connectivity index (χ2v) is 10.2. The first-order valence-electron chi connectivity index (χ1n) is 14.9. The molecule has 1 rings (SSSR count). The van der Waals surface area contributed by atoms with Gasteiger partial charge in [-0.15, -0.1) is 0 Å². The number of unbranched alkanes of at least 4 members (excludes halogenated alkanes) is 18. The average Bonchev–Trinajstić information content (AvgIpc) is 3.19. The summed E-state index contributed by atoms with van der Waals surface area (Å²) in [6, 6.07) is 0. The van der Waals surface area contributed by atoms with Crippen LogP contribution in [0, 0.1) is 0 Å². The summed E-state index contributed by atoms with van der Waals surface area (Å²) in [5.41, 5.74) is 0. The molecule has 0 bridgehead atoms. The Morgan fingerprint density at radius 1 is 0.531 bits per heavy atom. The van der Waals surface area contributed by atoms with Crippen molar-refractivity contribution in [1.29, 1.82) is 0 Å². The van der Waals surface area contributed by atoms with Crippen molar-refractivity contribution < 1.29 is 4.57 Å². The van der Waals surface area contributed by atoms with Gasteiger partial charge in [0.2, 0.25) is 0 Å². The van der Waals surface area contributed by atoms with Crippen LogP contribution in [0.2, 0.25) is 0 Å². The van der Waals surface area contributed by atoms with E-state index in [2.05, 4.69) is 42.3 Å². The van der Waals surface area contributed by atoms with Gasteiger partial charge in [0.1, 0.15) is 12.4 Å². The van der Waals surface area contributed by atoms with Gasteiger partial charge in [0.05, 0.1) is 13.1 Å². The van der Waals surface area contributed by atoms with Crippen LogP contribution in [0.3, 0.4) is 0 Å². The molecule has 2 heteroatoms. The van der Waals surface area contributed by atoms with Crippen molar-refractivity contribution in [3.8, 4) is 0 Å². The Bertz CT molecular complexity index is 505. The maximum atomic E-state index is 2.59. The highest BCUT2D eigenvalue weighted by molar-refractivity contribution is 4.84. The highest BCUT2D eigenvalue weighted by Gasteiger charge is 2.16. The summed E-state index contributed by atoms with van der Waals surface area (Å²) in [6.45, 7) is 9.34. The Hall–Kier alpha value is -0.790. The third-order valence-corrected chi connectivity index (χ3v) is 7.10. The Balaban J connectivity index is 2.24. The van der Waals surface area contributed by atoms with Crippen molar-refractivity contribution >= 4 is 0 Å². The van der Waals surface area contributed by atoms with E-state index in [0.29, 0.717) is 0 Å². The number of rotatable bonds is 24. The van der Waals surface area contributed by atoms with Gasteiger partial charge in [-0.1, -0.05) is 130 Å². The van der Waals surface area contributed by atoms with Crippen LogP contribution in [-0.2, 0) is 19.5 Å². The fourth-order valence-corrected chi connectivity index (χ4v) is 4.88. The minimum absolute atomic E-state index is 1.20. The molecule has 2 nitrogen and oxygen atoms in total. The quantitative estimate of drug-likeness (QED) is 0.110. The molecule has 0 aliphatic rings. The largest absolute Gasteiger partial charge is 0.256 e. The number of nitrogens with zero attached hydrogens (tertiary/aromatic N) is 2. The minimum Gasteiger partial charge on any atom is -0.234 e.